The monoisotopic (exact) mass is 455 g/mol. The van der Waals surface area contributed by atoms with Crippen LogP contribution in [0.5, 0.6) is 0 Å². The van der Waals surface area contributed by atoms with Crippen LogP contribution in [0.2, 0.25) is 0 Å². The average molecular weight is 456 g/mol. The van der Waals surface area contributed by atoms with E-state index in [1.807, 2.05) is 35.7 Å². The molecule has 0 atom stereocenters. The predicted octanol–water partition coefficient (Wildman–Crippen LogP) is 3.46. The summed E-state index contributed by atoms with van der Waals surface area (Å²) in [4.78, 5) is 26.8. The van der Waals surface area contributed by atoms with Crippen molar-refractivity contribution in [2.75, 3.05) is 36.5 Å². The van der Waals surface area contributed by atoms with Crippen molar-refractivity contribution in [3.8, 4) is 11.3 Å². The summed E-state index contributed by atoms with van der Waals surface area (Å²) >= 11 is 0. The van der Waals surface area contributed by atoms with Crippen molar-refractivity contribution in [2.45, 2.75) is 6.92 Å². The van der Waals surface area contributed by atoms with E-state index in [2.05, 4.69) is 44.5 Å². The number of benzene rings is 2. The zero-order valence-corrected chi connectivity index (χ0v) is 19.1. The number of fused-ring (bicyclic) bond motifs is 2. The number of aryl methyl sites for hydroxylation is 2. The molecule has 0 aliphatic carbocycles. The molecule has 0 spiro atoms. The van der Waals surface area contributed by atoms with Gasteiger partial charge < -0.3 is 19.9 Å². The largest absolute Gasteiger partial charge is 0.378 e. The first-order valence-corrected chi connectivity index (χ1v) is 11.3. The highest BCUT2D eigenvalue weighted by Gasteiger charge is 2.16. The van der Waals surface area contributed by atoms with Gasteiger partial charge in [-0.2, -0.15) is 0 Å². The van der Waals surface area contributed by atoms with Crippen LogP contribution in [-0.2, 0) is 11.8 Å². The standard InChI is InChI=1S/C25H25N7O2/c1-16-22(17-3-8-21-20(15-17)28-25(33)30(21)2)29-23(24-26-9-10-32(16)24)27-18-4-6-19(7-5-18)31-11-13-34-14-12-31/h3-10,15H,11-14H2,1-2H3,(H,27,29)(H,28,33). The Kier molecular flexibility index (Phi) is 4.84. The van der Waals surface area contributed by atoms with E-state index in [4.69, 9.17) is 9.72 Å². The van der Waals surface area contributed by atoms with Crippen molar-refractivity contribution >= 4 is 33.9 Å². The van der Waals surface area contributed by atoms with Crippen molar-refractivity contribution in [2.24, 2.45) is 7.05 Å². The van der Waals surface area contributed by atoms with Gasteiger partial charge in [0.05, 0.1) is 29.9 Å². The summed E-state index contributed by atoms with van der Waals surface area (Å²) in [6.45, 7) is 5.35. The van der Waals surface area contributed by atoms with E-state index in [1.165, 1.54) is 5.69 Å². The molecule has 1 saturated heterocycles. The molecule has 9 heteroatoms. The third kappa shape index (κ3) is 3.41. The van der Waals surface area contributed by atoms with Crippen LogP contribution in [0.25, 0.3) is 27.9 Å². The van der Waals surface area contributed by atoms with Crippen LogP contribution in [0.15, 0.2) is 59.7 Å². The molecule has 9 nitrogen and oxygen atoms in total. The normalized spacial score (nSPS) is 14.2. The lowest BCUT2D eigenvalue weighted by atomic mass is 10.1. The quantitative estimate of drug-likeness (QED) is 0.431. The van der Waals surface area contributed by atoms with E-state index in [-0.39, 0.29) is 5.69 Å². The SMILES string of the molecule is Cc1c(-c2ccc3c(c2)[nH]c(=O)n3C)nc(Nc2ccc(N3CCOCC3)cc2)c2nccn12. The highest BCUT2D eigenvalue weighted by atomic mass is 16.5. The van der Waals surface area contributed by atoms with Gasteiger partial charge in [-0.05, 0) is 43.3 Å². The molecule has 0 radical (unpaired) electrons. The summed E-state index contributed by atoms with van der Waals surface area (Å²) in [5.41, 5.74) is 7.10. The summed E-state index contributed by atoms with van der Waals surface area (Å²) in [5.74, 6) is 0.673. The van der Waals surface area contributed by atoms with Gasteiger partial charge in [0.1, 0.15) is 0 Å². The molecule has 5 aromatic rings. The summed E-state index contributed by atoms with van der Waals surface area (Å²) in [5, 5.41) is 3.45. The zero-order valence-electron chi connectivity index (χ0n) is 19.1. The van der Waals surface area contributed by atoms with Gasteiger partial charge in [0.2, 0.25) is 0 Å². The first-order chi connectivity index (χ1) is 16.6. The maximum absolute atomic E-state index is 12.0. The number of aromatic nitrogens is 5. The summed E-state index contributed by atoms with van der Waals surface area (Å²) in [6, 6.07) is 14.3. The Morgan fingerprint density at radius 1 is 1.09 bits per heavy atom. The van der Waals surface area contributed by atoms with E-state index in [0.717, 1.165) is 65.6 Å². The Morgan fingerprint density at radius 2 is 1.88 bits per heavy atom. The number of nitrogens with one attached hydrogen (secondary N) is 2. The van der Waals surface area contributed by atoms with Gasteiger partial charge in [0, 0.05) is 55.2 Å². The predicted molar refractivity (Wildman–Crippen MR) is 133 cm³/mol. The number of imidazole rings is 2. The first-order valence-electron chi connectivity index (χ1n) is 11.3. The summed E-state index contributed by atoms with van der Waals surface area (Å²) < 4.78 is 9.09. The second kappa shape index (κ2) is 8.03. The van der Waals surface area contributed by atoms with Crippen LogP contribution in [0, 0.1) is 6.92 Å². The summed E-state index contributed by atoms with van der Waals surface area (Å²) in [6.07, 6.45) is 3.71. The molecule has 0 unspecified atom stereocenters. The van der Waals surface area contributed by atoms with Crippen LogP contribution in [-0.4, -0.2) is 50.2 Å². The Bertz CT molecular complexity index is 1560. The molecule has 4 heterocycles. The van der Waals surface area contributed by atoms with E-state index in [0.29, 0.717) is 5.82 Å². The second-order valence-corrected chi connectivity index (χ2v) is 8.51. The van der Waals surface area contributed by atoms with E-state index in [1.54, 1.807) is 17.8 Å². The Hall–Kier alpha value is -4.11. The van der Waals surface area contributed by atoms with Gasteiger partial charge in [-0.3, -0.25) is 8.97 Å². The average Bonchev–Trinajstić information content (AvgIpc) is 3.47. The Balaban J connectivity index is 1.38. The molecule has 2 aromatic carbocycles. The van der Waals surface area contributed by atoms with Gasteiger partial charge >= 0.3 is 5.69 Å². The third-order valence-electron chi connectivity index (χ3n) is 6.46. The molecule has 0 saturated carbocycles. The molecular formula is C25H25N7O2. The number of nitrogens with zero attached hydrogens (tertiary/aromatic N) is 5. The molecule has 1 aliphatic rings. The molecule has 2 N–H and O–H groups in total. The van der Waals surface area contributed by atoms with Crippen LogP contribution in [0.3, 0.4) is 0 Å². The van der Waals surface area contributed by atoms with Crippen molar-refractivity contribution in [1.29, 1.82) is 0 Å². The highest BCUT2D eigenvalue weighted by molar-refractivity contribution is 5.83. The van der Waals surface area contributed by atoms with Crippen LogP contribution < -0.4 is 15.9 Å². The van der Waals surface area contributed by atoms with Gasteiger partial charge in [-0.1, -0.05) is 6.07 Å². The van der Waals surface area contributed by atoms with Crippen molar-refractivity contribution in [3.63, 3.8) is 0 Å². The topological polar surface area (TPSA) is 92.5 Å². The van der Waals surface area contributed by atoms with E-state index < -0.39 is 0 Å². The number of hydrogen-bond acceptors (Lipinski definition) is 6. The minimum Gasteiger partial charge on any atom is -0.378 e. The molecule has 172 valence electrons. The number of H-pyrrole nitrogens is 1. The Morgan fingerprint density at radius 3 is 2.68 bits per heavy atom. The number of aromatic amines is 1. The van der Waals surface area contributed by atoms with Crippen LogP contribution in [0.4, 0.5) is 17.2 Å². The van der Waals surface area contributed by atoms with Crippen molar-refractivity contribution in [1.82, 2.24) is 23.9 Å². The zero-order chi connectivity index (χ0) is 23.2. The molecule has 0 amide bonds. The lowest BCUT2D eigenvalue weighted by molar-refractivity contribution is 0.122. The minimum atomic E-state index is -0.134. The lowest BCUT2D eigenvalue weighted by Crippen LogP contribution is -2.36. The number of anilines is 3. The number of hydrogen-bond donors (Lipinski definition) is 2. The molecular weight excluding hydrogens is 430 g/mol. The van der Waals surface area contributed by atoms with Gasteiger partial charge in [-0.15, -0.1) is 0 Å². The number of rotatable bonds is 4. The third-order valence-corrected chi connectivity index (χ3v) is 6.46. The fourth-order valence-electron chi connectivity index (χ4n) is 4.56. The second-order valence-electron chi connectivity index (χ2n) is 8.51. The smallest absolute Gasteiger partial charge is 0.326 e. The fourth-order valence-corrected chi connectivity index (χ4v) is 4.56. The molecule has 34 heavy (non-hydrogen) atoms. The number of ether oxygens (including phenoxy) is 1. The van der Waals surface area contributed by atoms with Crippen molar-refractivity contribution in [3.05, 3.63) is 71.0 Å². The van der Waals surface area contributed by atoms with Crippen LogP contribution in [0.1, 0.15) is 5.69 Å². The molecule has 0 bridgehead atoms. The van der Waals surface area contributed by atoms with Crippen molar-refractivity contribution < 1.29 is 4.74 Å². The molecule has 3 aromatic heterocycles. The van der Waals surface area contributed by atoms with Gasteiger partial charge in [-0.25, -0.2) is 14.8 Å². The fraction of sp³-hybridized carbons (Fsp3) is 0.240. The van der Waals surface area contributed by atoms with Crippen LogP contribution >= 0.6 is 0 Å². The number of morpholine rings is 1. The Labute approximate surface area is 195 Å². The minimum absolute atomic E-state index is 0.134. The maximum atomic E-state index is 12.0. The van der Waals surface area contributed by atoms with E-state index in [9.17, 15) is 4.79 Å². The molecule has 1 aliphatic heterocycles. The first kappa shape index (κ1) is 20.5. The van der Waals surface area contributed by atoms with Gasteiger partial charge in [0.25, 0.3) is 0 Å². The molecule has 6 rings (SSSR count). The molecule has 1 fully saturated rings. The van der Waals surface area contributed by atoms with E-state index >= 15 is 0 Å². The maximum Gasteiger partial charge on any atom is 0.326 e. The summed E-state index contributed by atoms with van der Waals surface area (Å²) in [7, 11) is 1.76. The highest BCUT2D eigenvalue weighted by Crippen LogP contribution is 2.30. The van der Waals surface area contributed by atoms with Gasteiger partial charge in [0.15, 0.2) is 11.5 Å². The lowest BCUT2D eigenvalue weighted by Gasteiger charge is -2.28.